The predicted octanol–water partition coefficient (Wildman–Crippen LogP) is 2.91. The molecule has 1 amide bonds. The van der Waals surface area contributed by atoms with Crippen molar-refractivity contribution in [3.8, 4) is 5.75 Å². The zero-order chi connectivity index (χ0) is 15.9. The summed E-state index contributed by atoms with van der Waals surface area (Å²) in [7, 11) is 0. The minimum atomic E-state index is -0.475. The number of hydrogen-bond donors (Lipinski definition) is 1. The van der Waals surface area contributed by atoms with Crippen LogP contribution in [-0.2, 0) is 6.61 Å². The molecule has 0 atom stereocenters. The van der Waals surface area contributed by atoms with E-state index >= 15 is 0 Å². The number of non-ortho nitro benzene ring substituents is 1. The number of carbonyl (C=O) groups is 1. The number of carbonyl (C=O) groups excluding carboxylic acids is 1. The minimum absolute atomic E-state index is 0.000213. The molecule has 1 N–H and O–H groups in total. The maximum absolute atomic E-state index is 11.7. The van der Waals surface area contributed by atoms with E-state index in [1.165, 1.54) is 24.3 Å². The number of hydrogen-bond acceptors (Lipinski definition) is 5. The molecule has 7 nitrogen and oxygen atoms in total. The molecule has 0 aliphatic rings. The van der Waals surface area contributed by atoms with E-state index in [0.29, 0.717) is 18.1 Å². The first-order chi connectivity index (χ1) is 10.6. The molecule has 0 radical (unpaired) electrons. The lowest BCUT2D eigenvalue weighted by atomic mass is 10.3. The molecule has 0 bridgehead atoms. The number of ether oxygens (including phenoxy) is 1. The zero-order valence-corrected chi connectivity index (χ0v) is 12.1. The van der Waals surface area contributed by atoms with Crippen LogP contribution in [0.1, 0.15) is 29.7 Å². The quantitative estimate of drug-likeness (QED) is 0.627. The van der Waals surface area contributed by atoms with Crippen LogP contribution < -0.4 is 10.1 Å². The molecule has 2 aromatic rings. The molecule has 1 aromatic carbocycles. The Balaban J connectivity index is 1.90. The van der Waals surface area contributed by atoms with Crippen LogP contribution in [0, 0.1) is 10.1 Å². The summed E-state index contributed by atoms with van der Waals surface area (Å²) in [5.74, 6) is 0.957. The van der Waals surface area contributed by atoms with E-state index in [0.717, 1.165) is 6.42 Å². The molecular formula is C15H16N2O5. The summed E-state index contributed by atoms with van der Waals surface area (Å²) in [6.07, 6.45) is 0.850. The van der Waals surface area contributed by atoms with Gasteiger partial charge in [0.1, 0.15) is 18.1 Å². The fourth-order valence-corrected chi connectivity index (χ4v) is 1.72. The molecule has 0 unspecified atom stereocenters. The Morgan fingerprint density at radius 2 is 2.00 bits per heavy atom. The lowest BCUT2D eigenvalue weighted by Gasteiger charge is -2.03. The number of nitro groups is 1. The fraction of sp³-hybridized carbons (Fsp3) is 0.267. The average Bonchev–Trinajstić information content (AvgIpc) is 3.00. The monoisotopic (exact) mass is 304 g/mol. The van der Waals surface area contributed by atoms with E-state index in [4.69, 9.17) is 9.15 Å². The van der Waals surface area contributed by atoms with Gasteiger partial charge in [0.05, 0.1) is 4.92 Å². The Morgan fingerprint density at radius 3 is 2.64 bits per heavy atom. The van der Waals surface area contributed by atoms with Gasteiger partial charge in [-0.3, -0.25) is 14.9 Å². The molecule has 7 heteroatoms. The van der Waals surface area contributed by atoms with Gasteiger partial charge < -0.3 is 14.5 Å². The van der Waals surface area contributed by atoms with E-state index in [-0.39, 0.29) is 24.0 Å². The highest BCUT2D eigenvalue weighted by Crippen LogP contribution is 2.19. The summed E-state index contributed by atoms with van der Waals surface area (Å²) in [5.41, 5.74) is 0.000213. The van der Waals surface area contributed by atoms with Crippen LogP contribution in [0.4, 0.5) is 5.69 Å². The van der Waals surface area contributed by atoms with Gasteiger partial charge in [-0.1, -0.05) is 6.92 Å². The molecule has 22 heavy (non-hydrogen) atoms. The summed E-state index contributed by atoms with van der Waals surface area (Å²) in [6, 6.07) is 8.99. The standard InChI is InChI=1S/C15H16N2O5/c1-2-9-16-15(18)14-8-7-13(22-14)10-21-12-5-3-11(4-6-12)17(19)20/h3-8H,2,9-10H2,1H3,(H,16,18). The second-order valence-corrected chi connectivity index (χ2v) is 4.56. The third-order valence-electron chi connectivity index (χ3n) is 2.85. The summed E-state index contributed by atoms with van der Waals surface area (Å²) < 4.78 is 10.8. The molecule has 0 saturated heterocycles. The van der Waals surface area contributed by atoms with Crippen LogP contribution >= 0.6 is 0 Å². The largest absolute Gasteiger partial charge is 0.486 e. The van der Waals surface area contributed by atoms with Crippen LogP contribution in [0.15, 0.2) is 40.8 Å². The molecule has 0 spiro atoms. The van der Waals surface area contributed by atoms with Gasteiger partial charge in [0.25, 0.3) is 11.6 Å². The van der Waals surface area contributed by atoms with Crippen molar-refractivity contribution >= 4 is 11.6 Å². The van der Waals surface area contributed by atoms with Crippen molar-refractivity contribution in [2.24, 2.45) is 0 Å². The van der Waals surface area contributed by atoms with Gasteiger partial charge in [-0.15, -0.1) is 0 Å². The van der Waals surface area contributed by atoms with Gasteiger partial charge >= 0.3 is 0 Å². The van der Waals surface area contributed by atoms with E-state index < -0.39 is 4.92 Å². The van der Waals surface area contributed by atoms with Crippen LogP contribution in [0.2, 0.25) is 0 Å². The number of nitrogens with one attached hydrogen (secondary N) is 1. The van der Waals surface area contributed by atoms with Crippen molar-refractivity contribution in [1.29, 1.82) is 0 Å². The predicted molar refractivity (Wildman–Crippen MR) is 78.8 cm³/mol. The number of benzene rings is 1. The van der Waals surface area contributed by atoms with Gasteiger partial charge in [0, 0.05) is 18.7 Å². The van der Waals surface area contributed by atoms with Crippen molar-refractivity contribution < 1.29 is 18.9 Å². The molecule has 1 heterocycles. The highest BCUT2D eigenvalue weighted by molar-refractivity contribution is 5.91. The van der Waals surface area contributed by atoms with Crippen LogP contribution in [0.25, 0.3) is 0 Å². The van der Waals surface area contributed by atoms with E-state index in [2.05, 4.69) is 5.32 Å². The van der Waals surface area contributed by atoms with Crippen molar-refractivity contribution in [3.63, 3.8) is 0 Å². The summed E-state index contributed by atoms with van der Waals surface area (Å²) in [4.78, 5) is 21.8. The molecule has 2 rings (SSSR count). The number of furan rings is 1. The Hall–Kier alpha value is -2.83. The Morgan fingerprint density at radius 1 is 1.27 bits per heavy atom. The van der Waals surface area contributed by atoms with Crippen LogP contribution in [0.3, 0.4) is 0 Å². The van der Waals surface area contributed by atoms with Crippen LogP contribution in [-0.4, -0.2) is 17.4 Å². The highest BCUT2D eigenvalue weighted by Gasteiger charge is 2.11. The third kappa shape index (κ3) is 4.08. The van der Waals surface area contributed by atoms with E-state index in [1.807, 2.05) is 6.92 Å². The lowest BCUT2D eigenvalue weighted by Crippen LogP contribution is -2.23. The Labute approximate surface area is 127 Å². The van der Waals surface area contributed by atoms with Gasteiger partial charge in [0.15, 0.2) is 5.76 Å². The molecule has 116 valence electrons. The molecule has 0 aliphatic heterocycles. The molecular weight excluding hydrogens is 288 g/mol. The molecule has 1 aromatic heterocycles. The summed E-state index contributed by atoms with van der Waals surface area (Å²) in [6.45, 7) is 2.69. The van der Waals surface area contributed by atoms with Gasteiger partial charge in [-0.2, -0.15) is 0 Å². The summed E-state index contributed by atoms with van der Waals surface area (Å²) in [5, 5.41) is 13.3. The lowest BCUT2D eigenvalue weighted by molar-refractivity contribution is -0.384. The topological polar surface area (TPSA) is 94.6 Å². The fourth-order valence-electron chi connectivity index (χ4n) is 1.72. The second kappa shape index (κ2) is 7.26. The second-order valence-electron chi connectivity index (χ2n) is 4.56. The number of amides is 1. The first-order valence-corrected chi connectivity index (χ1v) is 6.84. The van der Waals surface area contributed by atoms with Crippen molar-refractivity contribution in [1.82, 2.24) is 5.32 Å². The molecule has 0 aliphatic carbocycles. The highest BCUT2D eigenvalue weighted by atomic mass is 16.6. The Bertz CT molecular complexity index is 648. The number of nitro benzene ring substituents is 1. The van der Waals surface area contributed by atoms with Crippen LogP contribution in [0.5, 0.6) is 5.75 Å². The molecule has 0 fully saturated rings. The van der Waals surface area contributed by atoms with Crippen molar-refractivity contribution in [2.45, 2.75) is 20.0 Å². The van der Waals surface area contributed by atoms with E-state index in [1.54, 1.807) is 12.1 Å². The van der Waals surface area contributed by atoms with E-state index in [9.17, 15) is 14.9 Å². The maximum Gasteiger partial charge on any atom is 0.286 e. The number of rotatable bonds is 7. The average molecular weight is 304 g/mol. The minimum Gasteiger partial charge on any atom is -0.486 e. The Kier molecular flexibility index (Phi) is 5.13. The van der Waals surface area contributed by atoms with Gasteiger partial charge in [-0.05, 0) is 30.7 Å². The van der Waals surface area contributed by atoms with Gasteiger partial charge in [-0.25, -0.2) is 0 Å². The van der Waals surface area contributed by atoms with Crippen molar-refractivity contribution in [3.05, 3.63) is 58.0 Å². The normalized spacial score (nSPS) is 10.2. The zero-order valence-electron chi connectivity index (χ0n) is 12.1. The first-order valence-electron chi connectivity index (χ1n) is 6.84. The summed E-state index contributed by atoms with van der Waals surface area (Å²) >= 11 is 0. The van der Waals surface area contributed by atoms with Gasteiger partial charge in [0.2, 0.25) is 0 Å². The smallest absolute Gasteiger partial charge is 0.286 e. The SMILES string of the molecule is CCCNC(=O)c1ccc(COc2ccc([N+](=O)[O-])cc2)o1. The third-order valence-corrected chi connectivity index (χ3v) is 2.85. The van der Waals surface area contributed by atoms with Crippen molar-refractivity contribution in [2.75, 3.05) is 6.54 Å². The maximum atomic E-state index is 11.7. The number of nitrogens with zero attached hydrogens (tertiary/aromatic N) is 1. The molecule has 0 saturated carbocycles. The first kappa shape index (κ1) is 15.6.